The van der Waals surface area contributed by atoms with Gasteiger partial charge in [0.25, 0.3) is 5.91 Å². The highest BCUT2D eigenvalue weighted by atomic mass is 16.5. The Balaban J connectivity index is 1.30. The van der Waals surface area contributed by atoms with Gasteiger partial charge in [-0.3, -0.25) is 9.59 Å². The van der Waals surface area contributed by atoms with Gasteiger partial charge in [-0.05, 0) is 93.3 Å². The minimum absolute atomic E-state index is 0.0114. The van der Waals surface area contributed by atoms with Crippen molar-refractivity contribution in [2.24, 2.45) is 11.8 Å². The number of esters is 2. The zero-order valence-corrected chi connectivity index (χ0v) is 27.5. The van der Waals surface area contributed by atoms with Crippen molar-refractivity contribution in [1.82, 2.24) is 5.32 Å². The van der Waals surface area contributed by atoms with E-state index in [1.54, 1.807) is 19.1 Å². The average molecular weight is 646 g/mol. The third-order valence-corrected chi connectivity index (χ3v) is 8.30. The van der Waals surface area contributed by atoms with Gasteiger partial charge in [0.1, 0.15) is 17.2 Å². The Bertz CT molecular complexity index is 1430. The van der Waals surface area contributed by atoms with Crippen LogP contribution in [0.3, 0.4) is 0 Å². The summed E-state index contributed by atoms with van der Waals surface area (Å²) in [5.41, 5.74) is 1.60. The molecule has 0 bridgehead atoms. The van der Waals surface area contributed by atoms with Gasteiger partial charge in [0.2, 0.25) is 0 Å². The molecule has 1 N–H and O–H groups in total. The van der Waals surface area contributed by atoms with Gasteiger partial charge in [0.05, 0.1) is 50.6 Å². The van der Waals surface area contributed by atoms with Gasteiger partial charge in [0.15, 0.2) is 0 Å². The number of hydrogen-bond acceptors (Lipinski definition) is 8. The van der Waals surface area contributed by atoms with Gasteiger partial charge in [-0.15, -0.1) is 0 Å². The monoisotopic (exact) mass is 645 g/mol. The average Bonchev–Trinajstić information content (AvgIpc) is 3.11. The number of rotatable bonds is 18. The van der Waals surface area contributed by atoms with Crippen LogP contribution in [-0.4, -0.2) is 57.9 Å². The van der Waals surface area contributed by atoms with E-state index in [-0.39, 0.29) is 41.4 Å². The van der Waals surface area contributed by atoms with Crippen molar-refractivity contribution < 1.29 is 38.1 Å². The van der Waals surface area contributed by atoms with Crippen molar-refractivity contribution in [3.05, 3.63) is 89.5 Å². The summed E-state index contributed by atoms with van der Waals surface area (Å²) < 4.78 is 28.1. The van der Waals surface area contributed by atoms with Crippen LogP contribution >= 0.6 is 0 Å². The number of aryl methyl sites for hydroxylation is 1. The first-order valence-electron chi connectivity index (χ1n) is 16.7. The second kappa shape index (κ2) is 19.2. The zero-order chi connectivity index (χ0) is 33.3. The third-order valence-electron chi connectivity index (χ3n) is 8.30. The van der Waals surface area contributed by atoms with Gasteiger partial charge < -0.3 is 29.0 Å². The highest BCUT2D eigenvalue weighted by Gasteiger charge is 2.32. The number of carbonyl (C=O) groups is 3. The molecule has 4 rings (SSSR count). The maximum absolute atomic E-state index is 13.4. The molecule has 1 aliphatic carbocycles. The quantitative estimate of drug-likeness (QED) is 0.119. The summed E-state index contributed by atoms with van der Waals surface area (Å²) in [4.78, 5) is 38.2. The standard InChI is InChI=1S/C38H47NO8/c1-3-44-37(41)29-21-22-35(33(26-29)36(40)39-27-30-15-7-9-19-32(30)38(42)43-2)47-25-13-16-28-14-8-10-20-34(28)46-24-12-11-23-45-31-17-5-4-6-18-31/h4-6,8,10,14,17-18,20-22,26,30,32H,3,7,9,11-13,15-16,19,23-25,27H2,1-2H3,(H,39,40). The van der Waals surface area contributed by atoms with E-state index >= 15 is 0 Å². The molecule has 3 aromatic carbocycles. The van der Waals surface area contributed by atoms with Crippen molar-refractivity contribution in [2.45, 2.75) is 58.3 Å². The highest BCUT2D eigenvalue weighted by Crippen LogP contribution is 2.31. The minimum Gasteiger partial charge on any atom is -0.494 e. The number of nitrogens with one attached hydrogen (secondary N) is 1. The molecule has 0 aromatic heterocycles. The van der Waals surface area contributed by atoms with Gasteiger partial charge >= 0.3 is 11.9 Å². The first-order valence-corrected chi connectivity index (χ1v) is 16.7. The Morgan fingerprint density at radius 2 is 1.49 bits per heavy atom. The number of ether oxygens (including phenoxy) is 5. The maximum atomic E-state index is 13.4. The molecule has 9 nitrogen and oxygen atoms in total. The van der Waals surface area contributed by atoms with Gasteiger partial charge in [-0.1, -0.05) is 49.2 Å². The molecule has 3 aromatic rings. The maximum Gasteiger partial charge on any atom is 0.338 e. The highest BCUT2D eigenvalue weighted by molar-refractivity contribution is 6.00. The third kappa shape index (κ3) is 11.0. The first-order chi connectivity index (χ1) is 23.0. The second-order valence-corrected chi connectivity index (χ2v) is 11.6. The van der Waals surface area contributed by atoms with E-state index in [1.807, 2.05) is 54.6 Å². The summed E-state index contributed by atoms with van der Waals surface area (Å²) in [6.45, 7) is 3.88. The molecule has 1 amide bonds. The number of unbranched alkanes of at least 4 members (excludes halogenated alkanes) is 1. The number of amides is 1. The van der Waals surface area contributed by atoms with Crippen LogP contribution in [0.1, 0.15) is 78.1 Å². The Morgan fingerprint density at radius 3 is 2.28 bits per heavy atom. The van der Waals surface area contributed by atoms with Crippen molar-refractivity contribution in [3.63, 3.8) is 0 Å². The van der Waals surface area contributed by atoms with E-state index in [0.717, 1.165) is 62.0 Å². The fourth-order valence-electron chi connectivity index (χ4n) is 5.80. The molecular weight excluding hydrogens is 598 g/mol. The Hall–Kier alpha value is -4.53. The molecule has 1 saturated carbocycles. The predicted octanol–water partition coefficient (Wildman–Crippen LogP) is 6.82. The van der Waals surface area contributed by atoms with Crippen molar-refractivity contribution in [3.8, 4) is 17.2 Å². The summed E-state index contributed by atoms with van der Waals surface area (Å²) in [5.74, 6) is 0.738. The molecule has 2 unspecified atom stereocenters. The lowest BCUT2D eigenvalue weighted by molar-refractivity contribution is -0.148. The molecule has 252 valence electrons. The summed E-state index contributed by atoms with van der Waals surface area (Å²) >= 11 is 0. The summed E-state index contributed by atoms with van der Waals surface area (Å²) in [6.07, 6.45) is 6.73. The lowest BCUT2D eigenvalue weighted by Crippen LogP contribution is -2.37. The van der Waals surface area contributed by atoms with Crippen LogP contribution in [0.25, 0.3) is 0 Å². The minimum atomic E-state index is -0.508. The molecule has 0 heterocycles. The number of benzene rings is 3. The molecule has 0 aliphatic heterocycles. The summed E-state index contributed by atoms with van der Waals surface area (Å²) in [7, 11) is 1.40. The zero-order valence-electron chi connectivity index (χ0n) is 27.5. The molecule has 0 spiro atoms. The van der Waals surface area contributed by atoms with E-state index in [1.165, 1.54) is 13.2 Å². The lowest BCUT2D eigenvalue weighted by atomic mass is 9.79. The van der Waals surface area contributed by atoms with Crippen LogP contribution < -0.4 is 19.5 Å². The van der Waals surface area contributed by atoms with Crippen LogP contribution in [0.15, 0.2) is 72.8 Å². The fraction of sp³-hybridized carbons (Fsp3) is 0.447. The Kier molecular flexibility index (Phi) is 14.4. The number of para-hydroxylation sites is 2. The van der Waals surface area contributed by atoms with Gasteiger partial charge in [-0.25, -0.2) is 4.79 Å². The van der Waals surface area contributed by atoms with Crippen molar-refractivity contribution >= 4 is 17.8 Å². The van der Waals surface area contributed by atoms with Gasteiger partial charge in [-0.2, -0.15) is 0 Å². The van der Waals surface area contributed by atoms with Crippen molar-refractivity contribution in [1.29, 1.82) is 0 Å². The van der Waals surface area contributed by atoms with Crippen molar-refractivity contribution in [2.75, 3.05) is 40.1 Å². The first kappa shape index (κ1) is 35.3. The molecular formula is C38H47NO8. The van der Waals surface area contributed by atoms with Crippen LogP contribution in [0.2, 0.25) is 0 Å². The SMILES string of the molecule is CCOC(=O)c1ccc(OCCCc2ccccc2OCCCCOc2ccccc2)c(C(=O)NCC2CCCCC2C(=O)OC)c1. The number of hydrogen-bond donors (Lipinski definition) is 1. The smallest absolute Gasteiger partial charge is 0.338 e. The van der Waals surface area contributed by atoms with E-state index < -0.39 is 5.97 Å². The molecule has 1 aliphatic rings. The van der Waals surface area contributed by atoms with E-state index in [9.17, 15) is 14.4 Å². The van der Waals surface area contributed by atoms with E-state index in [4.69, 9.17) is 23.7 Å². The molecule has 0 saturated heterocycles. The Morgan fingerprint density at radius 1 is 0.787 bits per heavy atom. The largest absolute Gasteiger partial charge is 0.494 e. The number of methoxy groups -OCH3 is 1. The number of carbonyl (C=O) groups excluding carboxylic acids is 3. The normalized spacial score (nSPS) is 15.7. The topological polar surface area (TPSA) is 109 Å². The predicted molar refractivity (Wildman–Crippen MR) is 179 cm³/mol. The molecule has 1 fully saturated rings. The molecule has 47 heavy (non-hydrogen) atoms. The fourth-order valence-corrected chi connectivity index (χ4v) is 5.80. The molecule has 0 radical (unpaired) electrons. The van der Waals surface area contributed by atoms with Gasteiger partial charge in [0, 0.05) is 6.54 Å². The van der Waals surface area contributed by atoms with Crippen LogP contribution in [0.4, 0.5) is 0 Å². The molecule has 2 atom stereocenters. The molecule has 9 heteroatoms. The van der Waals surface area contributed by atoms with Crippen LogP contribution in [-0.2, 0) is 20.7 Å². The van der Waals surface area contributed by atoms with Crippen LogP contribution in [0.5, 0.6) is 17.2 Å². The second-order valence-electron chi connectivity index (χ2n) is 11.6. The van der Waals surface area contributed by atoms with E-state index in [2.05, 4.69) is 5.32 Å². The summed E-state index contributed by atoms with van der Waals surface area (Å²) in [6, 6.07) is 22.5. The lowest BCUT2D eigenvalue weighted by Gasteiger charge is -2.29. The summed E-state index contributed by atoms with van der Waals surface area (Å²) in [5, 5.41) is 2.98. The van der Waals surface area contributed by atoms with E-state index in [0.29, 0.717) is 38.5 Å². The van der Waals surface area contributed by atoms with Crippen LogP contribution in [0, 0.1) is 11.8 Å². The Labute approximate surface area is 277 Å².